The van der Waals surface area contributed by atoms with Gasteiger partial charge in [0.2, 0.25) is 0 Å². The van der Waals surface area contributed by atoms with Crippen LogP contribution in [0.25, 0.3) is 0 Å². The first-order valence-electron chi connectivity index (χ1n) is 5.88. The van der Waals surface area contributed by atoms with Crippen molar-refractivity contribution in [2.45, 2.75) is 13.5 Å². The van der Waals surface area contributed by atoms with E-state index in [9.17, 15) is 0 Å². The van der Waals surface area contributed by atoms with Crippen molar-refractivity contribution < 1.29 is 4.42 Å². The summed E-state index contributed by atoms with van der Waals surface area (Å²) >= 11 is 0. The van der Waals surface area contributed by atoms with Gasteiger partial charge in [-0.25, -0.2) is 9.97 Å². The molecule has 0 amide bonds. The second-order valence-electron chi connectivity index (χ2n) is 4.14. The molecule has 0 aromatic carbocycles. The fraction of sp³-hybridized carbons (Fsp3) is 0.308. The maximum Gasteiger partial charge on any atom is 0.134 e. The van der Waals surface area contributed by atoms with Gasteiger partial charge >= 0.3 is 0 Å². The Bertz CT molecular complexity index is 587. The highest BCUT2D eigenvalue weighted by Gasteiger charge is 2.04. The molecule has 98 valence electrons. The minimum absolute atomic E-state index is 0.286. The molecule has 0 fully saturated rings. The van der Waals surface area contributed by atoms with Gasteiger partial charge in [-0.3, -0.25) is 0 Å². The summed E-state index contributed by atoms with van der Waals surface area (Å²) in [6.07, 6.45) is 1.47. The highest BCUT2D eigenvalue weighted by atomic mass is 16.3. The number of aromatic nitrogens is 2. The van der Waals surface area contributed by atoms with Crippen molar-refractivity contribution in [2.24, 2.45) is 0 Å². The topological polar surface area (TPSA) is 78.0 Å². The first-order valence-corrected chi connectivity index (χ1v) is 5.88. The molecule has 2 heterocycles. The molecule has 2 aromatic rings. The van der Waals surface area contributed by atoms with Crippen LogP contribution in [0.2, 0.25) is 0 Å². The van der Waals surface area contributed by atoms with Gasteiger partial charge in [0.25, 0.3) is 0 Å². The van der Waals surface area contributed by atoms with E-state index in [0.717, 1.165) is 11.5 Å². The summed E-state index contributed by atoms with van der Waals surface area (Å²) in [7, 11) is 1.81. The van der Waals surface area contributed by atoms with Crippen LogP contribution in [0.15, 0.2) is 28.9 Å². The molecule has 19 heavy (non-hydrogen) atoms. The Labute approximate surface area is 111 Å². The number of nitriles is 1. The van der Waals surface area contributed by atoms with E-state index in [1.807, 2.05) is 26.1 Å². The summed E-state index contributed by atoms with van der Waals surface area (Å²) in [6, 6.07) is 7.72. The van der Waals surface area contributed by atoms with Crippen molar-refractivity contribution in [3.8, 4) is 6.07 Å². The van der Waals surface area contributed by atoms with Gasteiger partial charge in [-0.2, -0.15) is 5.26 Å². The van der Waals surface area contributed by atoms with Crippen LogP contribution in [0, 0.1) is 18.3 Å². The average Bonchev–Trinajstić information content (AvgIpc) is 2.83. The summed E-state index contributed by atoms with van der Waals surface area (Å²) in [5, 5.41) is 11.8. The van der Waals surface area contributed by atoms with Gasteiger partial charge in [0.15, 0.2) is 0 Å². The third kappa shape index (κ3) is 3.45. The zero-order valence-corrected chi connectivity index (χ0v) is 10.9. The lowest BCUT2D eigenvalue weighted by Crippen LogP contribution is -2.18. The van der Waals surface area contributed by atoms with Crippen LogP contribution in [0.1, 0.15) is 11.5 Å². The van der Waals surface area contributed by atoms with E-state index >= 15 is 0 Å². The Morgan fingerprint density at radius 3 is 2.95 bits per heavy atom. The molecule has 0 unspecified atom stereocenters. The Morgan fingerprint density at radius 2 is 2.26 bits per heavy atom. The van der Waals surface area contributed by atoms with Crippen LogP contribution in [-0.2, 0) is 6.54 Å². The van der Waals surface area contributed by atoms with Gasteiger partial charge in [0.1, 0.15) is 36.0 Å². The van der Waals surface area contributed by atoms with E-state index in [4.69, 9.17) is 9.68 Å². The van der Waals surface area contributed by atoms with E-state index in [0.29, 0.717) is 18.2 Å². The predicted octanol–water partition coefficient (Wildman–Crippen LogP) is 1.95. The third-order valence-electron chi connectivity index (χ3n) is 2.59. The number of rotatable bonds is 5. The van der Waals surface area contributed by atoms with Gasteiger partial charge in [-0.1, -0.05) is 0 Å². The van der Waals surface area contributed by atoms with E-state index < -0.39 is 0 Å². The van der Waals surface area contributed by atoms with Gasteiger partial charge in [0, 0.05) is 13.1 Å². The molecule has 0 saturated carbocycles. The Kier molecular flexibility index (Phi) is 3.98. The van der Waals surface area contributed by atoms with Crippen molar-refractivity contribution >= 4 is 11.6 Å². The summed E-state index contributed by atoms with van der Waals surface area (Å²) in [5.41, 5.74) is 0. The van der Waals surface area contributed by atoms with Crippen molar-refractivity contribution in [3.63, 3.8) is 0 Å². The molecule has 0 atom stereocenters. The number of nitrogens with zero attached hydrogens (tertiary/aromatic N) is 4. The van der Waals surface area contributed by atoms with E-state index in [1.165, 1.54) is 6.33 Å². The van der Waals surface area contributed by atoms with Crippen LogP contribution in [0.5, 0.6) is 0 Å². The molecule has 0 radical (unpaired) electrons. The Hall–Kier alpha value is -2.55. The Morgan fingerprint density at radius 1 is 1.42 bits per heavy atom. The second-order valence-corrected chi connectivity index (χ2v) is 4.14. The fourth-order valence-electron chi connectivity index (χ4n) is 1.60. The van der Waals surface area contributed by atoms with Crippen LogP contribution < -0.4 is 10.2 Å². The quantitative estimate of drug-likeness (QED) is 0.825. The lowest BCUT2D eigenvalue weighted by molar-refractivity contribution is 0.490. The SMILES string of the molecule is Cc1ccc(CNc2cc(N(C)CC#N)ncn2)o1. The van der Waals surface area contributed by atoms with E-state index in [-0.39, 0.29) is 6.54 Å². The average molecular weight is 257 g/mol. The molecule has 0 aliphatic rings. The number of nitrogens with one attached hydrogen (secondary N) is 1. The lowest BCUT2D eigenvalue weighted by atomic mass is 10.4. The first kappa shape index (κ1) is 12.9. The van der Waals surface area contributed by atoms with Crippen molar-refractivity contribution in [1.29, 1.82) is 5.26 Å². The maximum atomic E-state index is 8.66. The normalized spacial score (nSPS) is 9.95. The van der Waals surface area contributed by atoms with E-state index in [1.54, 1.807) is 11.0 Å². The Balaban J connectivity index is 2.01. The number of aryl methyl sites for hydroxylation is 1. The highest BCUT2D eigenvalue weighted by Crippen LogP contribution is 2.14. The molecule has 0 aliphatic heterocycles. The molecular weight excluding hydrogens is 242 g/mol. The monoisotopic (exact) mass is 257 g/mol. The molecule has 0 saturated heterocycles. The smallest absolute Gasteiger partial charge is 0.134 e. The number of furan rings is 1. The van der Waals surface area contributed by atoms with Crippen LogP contribution in [0.4, 0.5) is 11.6 Å². The number of hydrogen-bond donors (Lipinski definition) is 1. The first-order chi connectivity index (χ1) is 9.19. The molecule has 1 N–H and O–H groups in total. The molecule has 0 bridgehead atoms. The molecule has 6 nitrogen and oxygen atoms in total. The summed E-state index contributed by atoms with van der Waals surface area (Å²) in [5.74, 6) is 3.13. The fourth-order valence-corrected chi connectivity index (χ4v) is 1.60. The number of hydrogen-bond acceptors (Lipinski definition) is 6. The predicted molar refractivity (Wildman–Crippen MR) is 71.7 cm³/mol. The summed E-state index contributed by atoms with van der Waals surface area (Å²) in [4.78, 5) is 10.0. The largest absolute Gasteiger partial charge is 0.465 e. The van der Waals surface area contributed by atoms with Crippen LogP contribution in [0.3, 0.4) is 0 Å². The van der Waals surface area contributed by atoms with Crippen LogP contribution in [-0.4, -0.2) is 23.6 Å². The summed E-state index contributed by atoms with van der Waals surface area (Å²) < 4.78 is 5.46. The molecule has 0 aliphatic carbocycles. The molecule has 2 rings (SSSR count). The molecular formula is C13H15N5O. The molecule has 0 spiro atoms. The van der Waals surface area contributed by atoms with Gasteiger partial charge < -0.3 is 14.6 Å². The van der Waals surface area contributed by atoms with Gasteiger partial charge in [0.05, 0.1) is 12.6 Å². The third-order valence-corrected chi connectivity index (χ3v) is 2.59. The lowest BCUT2D eigenvalue weighted by Gasteiger charge is -2.14. The van der Waals surface area contributed by atoms with Gasteiger partial charge in [-0.05, 0) is 19.1 Å². The zero-order valence-electron chi connectivity index (χ0n) is 10.9. The van der Waals surface area contributed by atoms with Crippen molar-refractivity contribution in [1.82, 2.24) is 9.97 Å². The second kappa shape index (κ2) is 5.87. The maximum absolute atomic E-state index is 8.66. The van der Waals surface area contributed by atoms with Gasteiger partial charge in [-0.15, -0.1) is 0 Å². The molecule has 2 aromatic heterocycles. The van der Waals surface area contributed by atoms with Crippen molar-refractivity contribution in [3.05, 3.63) is 36.0 Å². The highest BCUT2D eigenvalue weighted by molar-refractivity contribution is 5.48. The minimum atomic E-state index is 0.286. The zero-order chi connectivity index (χ0) is 13.7. The van der Waals surface area contributed by atoms with E-state index in [2.05, 4.69) is 21.4 Å². The van der Waals surface area contributed by atoms with Crippen LogP contribution >= 0.6 is 0 Å². The standard InChI is InChI=1S/C13H15N5O/c1-10-3-4-11(19-10)8-15-12-7-13(17-9-16-12)18(2)6-5-14/h3-4,7,9H,6,8H2,1-2H3,(H,15,16,17). The van der Waals surface area contributed by atoms with Crippen molar-refractivity contribution in [2.75, 3.05) is 23.8 Å². The molecule has 6 heteroatoms. The summed E-state index contributed by atoms with van der Waals surface area (Å²) in [6.45, 7) is 2.75. The minimum Gasteiger partial charge on any atom is -0.465 e. The number of anilines is 2.